The first-order valence-electron chi connectivity index (χ1n) is 7.38. The molecule has 7 heteroatoms. The zero-order valence-electron chi connectivity index (χ0n) is 13.2. The number of likely N-dealkylation sites (N-methyl/N-ethyl adjacent to an activating group) is 1. The van der Waals surface area contributed by atoms with Crippen LogP contribution in [0.25, 0.3) is 11.0 Å². The van der Waals surface area contributed by atoms with Gasteiger partial charge in [-0.1, -0.05) is 24.3 Å². The highest BCUT2D eigenvalue weighted by atomic mass is 79.9. The number of para-hydroxylation sites is 1. The third-order valence-corrected chi connectivity index (χ3v) is 4.47. The van der Waals surface area contributed by atoms with Crippen LogP contribution >= 0.6 is 15.9 Å². The fraction of sp³-hybridized carbons (Fsp3) is 0.111. The first-order valence-corrected chi connectivity index (χ1v) is 8.18. The average molecular weight is 405 g/mol. The zero-order chi connectivity index (χ0) is 18.1. The van der Waals surface area contributed by atoms with E-state index in [4.69, 9.17) is 10.2 Å². The first kappa shape index (κ1) is 17.2. The Balaban J connectivity index is 1.98. The number of fused-ring (bicyclic) bond motifs is 1. The van der Waals surface area contributed by atoms with Crippen molar-refractivity contribution >= 4 is 38.7 Å². The van der Waals surface area contributed by atoms with Crippen LogP contribution < -0.4 is 5.73 Å². The van der Waals surface area contributed by atoms with E-state index in [0.29, 0.717) is 15.6 Å². The minimum Gasteiger partial charge on any atom is -0.450 e. The number of nitrogens with two attached hydrogens (primary N) is 1. The van der Waals surface area contributed by atoms with E-state index in [1.165, 1.54) is 31.3 Å². The lowest BCUT2D eigenvalue weighted by Gasteiger charge is -2.25. The molecule has 0 aliphatic heterocycles. The average Bonchev–Trinajstić information content (AvgIpc) is 2.99. The molecule has 1 aromatic heterocycles. The molecule has 2 amide bonds. The molecule has 1 heterocycles. The van der Waals surface area contributed by atoms with Crippen LogP contribution in [0.4, 0.5) is 4.39 Å². The van der Waals surface area contributed by atoms with Crippen molar-refractivity contribution in [2.45, 2.75) is 6.04 Å². The molecular formula is C18H14BrFN2O3. The SMILES string of the molecule is CN(C(=O)c1cc2cccc(Br)c2o1)C(C(N)=O)c1cccc(F)c1. The Hall–Kier alpha value is -2.67. The van der Waals surface area contributed by atoms with Crippen LogP contribution in [-0.4, -0.2) is 23.8 Å². The van der Waals surface area contributed by atoms with Gasteiger partial charge in [-0.15, -0.1) is 0 Å². The van der Waals surface area contributed by atoms with E-state index in [1.54, 1.807) is 18.2 Å². The summed E-state index contributed by atoms with van der Waals surface area (Å²) in [5.74, 6) is -1.75. The summed E-state index contributed by atoms with van der Waals surface area (Å²) in [6.07, 6.45) is 0. The Kier molecular flexibility index (Phi) is 4.59. The molecule has 3 aromatic rings. The molecule has 5 nitrogen and oxygen atoms in total. The Morgan fingerprint density at radius 1 is 1.20 bits per heavy atom. The summed E-state index contributed by atoms with van der Waals surface area (Å²) in [5.41, 5.74) is 6.26. The van der Waals surface area contributed by atoms with Crippen molar-refractivity contribution in [2.24, 2.45) is 5.73 Å². The van der Waals surface area contributed by atoms with Crippen LogP contribution in [-0.2, 0) is 4.79 Å². The standard InChI is InChI=1S/C18H14BrFN2O3/c1-22(15(17(21)23)10-4-2-6-12(20)8-10)18(24)14-9-11-5-3-7-13(19)16(11)25-14/h2-9,15H,1H3,(H2,21,23). The molecule has 0 saturated heterocycles. The molecule has 1 unspecified atom stereocenters. The van der Waals surface area contributed by atoms with E-state index < -0.39 is 23.7 Å². The van der Waals surface area contributed by atoms with Gasteiger partial charge in [0.25, 0.3) is 5.91 Å². The number of carbonyl (C=O) groups is 2. The lowest BCUT2D eigenvalue weighted by molar-refractivity contribution is -0.122. The second-order valence-corrected chi connectivity index (χ2v) is 6.40. The van der Waals surface area contributed by atoms with Crippen molar-refractivity contribution in [3.63, 3.8) is 0 Å². The van der Waals surface area contributed by atoms with E-state index in [9.17, 15) is 14.0 Å². The minimum atomic E-state index is -1.11. The summed E-state index contributed by atoms with van der Waals surface area (Å²) in [5, 5.41) is 0.743. The van der Waals surface area contributed by atoms with Crippen LogP contribution in [0.1, 0.15) is 22.2 Å². The van der Waals surface area contributed by atoms with Gasteiger partial charge in [0, 0.05) is 12.4 Å². The molecule has 0 radical (unpaired) electrons. The summed E-state index contributed by atoms with van der Waals surface area (Å²) in [7, 11) is 1.42. The van der Waals surface area contributed by atoms with Gasteiger partial charge in [-0.25, -0.2) is 4.39 Å². The van der Waals surface area contributed by atoms with Gasteiger partial charge in [0.15, 0.2) is 5.76 Å². The molecule has 0 aliphatic carbocycles. The molecule has 1 atom stereocenters. The van der Waals surface area contributed by atoms with Crippen molar-refractivity contribution in [1.29, 1.82) is 0 Å². The Morgan fingerprint density at radius 2 is 1.92 bits per heavy atom. The van der Waals surface area contributed by atoms with Crippen molar-refractivity contribution in [3.05, 3.63) is 70.1 Å². The van der Waals surface area contributed by atoms with E-state index in [2.05, 4.69) is 15.9 Å². The Morgan fingerprint density at radius 3 is 2.56 bits per heavy atom. The fourth-order valence-electron chi connectivity index (χ4n) is 2.68. The summed E-state index contributed by atoms with van der Waals surface area (Å²) >= 11 is 3.36. The molecule has 0 fully saturated rings. The van der Waals surface area contributed by atoms with Crippen molar-refractivity contribution in [1.82, 2.24) is 4.90 Å². The van der Waals surface area contributed by atoms with E-state index in [1.807, 2.05) is 6.07 Å². The lowest BCUT2D eigenvalue weighted by Crippen LogP contribution is -2.39. The number of benzene rings is 2. The molecule has 2 N–H and O–H groups in total. The van der Waals surface area contributed by atoms with Crippen LogP contribution in [0.2, 0.25) is 0 Å². The van der Waals surface area contributed by atoms with Gasteiger partial charge < -0.3 is 15.1 Å². The summed E-state index contributed by atoms with van der Waals surface area (Å²) in [4.78, 5) is 25.8. The molecule has 0 bridgehead atoms. The number of carbonyl (C=O) groups excluding carboxylic acids is 2. The quantitative estimate of drug-likeness (QED) is 0.720. The van der Waals surface area contributed by atoms with Crippen LogP contribution in [0.15, 0.2) is 57.4 Å². The van der Waals surface area contributed by atoms with E-state index >= 15 is 0 Å². The summed E-state index contributed by atoms with van der Waals surface area (Å²) in [6, 6.07) is 11.3. The molecule has 0 spiro atoms. The number of furan rings is 1. The number of halogens is 2. The number of primary amides is 1. The van der Waals surface area contributed by atoms with Gasteiger partial charge in [0.05, 0.1) is 4.47 Å². The van der Waals surface area contributed by atoms with Gasteiger partial charge >= 0.3 is 0 Å². The number of amides is 2. The van der Waals surface area contributed by atoms with Crippen molar-refractivity contribution in [3.8, 4) is 0 Å². The van der Waals surface area contributed by atoms with Gasteiger partial charge in [-0.2, -0.15) is 0 Å². The van der Waals surface area contributed by atoms with Gasteiger partial charge in [0.1, 0.15) is 17.4 Å². The monoisotopic (exact) mass is 404 g/mol. The van der Waals surface area contributed by atoms with Gasteiger partial charge in [-0.3, -0.25) is 9.59 Å². The topological polar surface area (TPSA) is 76.5 Å². The molecule has 128 valence electrons. The predicted octanol–water partition coefficient (Wildman–Crippen LogP) is 3.63. The maximum absolute atomic E-state index is 13.5. The normalized spacial score (nSPS) is 12.1. The summed E-state index contributed by atoms with van der Waals surface area (Å²) < 4.78 is 19.8. The summed E-state index contributed by atoms with van der Waals surface area (Å²) in [6.45, 7) is 0. The second kappa shape index (κ2) is 6.68. The minimum absolute atomic E-state index is 0.0621. The highest BCUT2D eigenvalue weighted by molar-refractivity contribution is 9.10. The van der Waals surface area contributed by atoms with Crippen LogP contribution in [0.5, 0.6) is 0 Å². The largest absolute Gasteiger partial charge is 0.450 e. The smallest absolute Gasteiger partial charge is 0.290 e. The maximum atomic E-state index is 13.5. The highest BCUT2D eigenvalue weighted by Gasteiger charge is 2.29. The first-order chi connectivity index (χ1) is 11.9. The van der Waals surface area contributed by atoms with Crippen LogP contribution in [0, 0.1) is 5.82 Å². The zero-order valence-corrected chi connectivity index (χ0v) is 14.8. The highest BCUT2D eigenvalue weighted by Crippen LogP contribution is 2.29. The number of hydrogen-bond acceptors (Lipinski definition) is 3. The lowest BCUT2D eigenvalue weighted by atomic mass is 10.0. The molecule has 25 heavy (non-hydrogen) atoms. The predicted molar refractivity (Wildman–Crippen MR) is 94.3 cm³/mol. The molecular weight excluding hydrogens is 391 g/mol. The third-order valence-electron chi connectivity index (χ3n) is 3.85. The maximum Gasteiger partial charge on any atom is 0.290 e. The van der Waals surface area contributed by atoms with Gasteiger partial charge in [0.2, 0.25) is 5.91 Å². The molecule has 0 aliphatic rings. The molecule has 2 aromatic carbocycles. The van der Waals surface area contributed by atoms with E-state index in [0.717, 1.165) is 10.3 Å². The van der Waals surface area contributed by atoms with Crippen molar-refractivity contribution in [2.75, 3.05) is 7.05 Å². The fourth-order valence-corrected chi connectivity index (χ4v) is 3.14. The van der Waals surface area contributed by atoms with Crippen LogP contribution in [0.3, 0.4) is 0 Å². The number of nitrogens with zero attached hydrogens (tertiary/aromatic N) is 1. The molecule has 3 rings (SSSR count). The van der Waals surface area contributed by atoms with Crippen molar-refractivity contribution < 1.29 is 18.4 Å². The Labute approximate surface area is 151 Å². The Bertz CT molecular complexity index is 970. The number of hydrogen-bond donors (Lipinski definition) is 1. The second-order valence-electron chi connectivity index (χ2n) is 5.54. The van der Waals surface area contributed by atoms with Gasteiger partial charge in [-0.05, 0) is 45.8 Å². The van der Waals surface area contributed by atoms with E-state index in [-0.39, 0.29) is 5.76 Å². The number of rotatable bonds is 4. The molecule has 0 saturated carbocycles. The third kappa shape index (κ3) is 3.28.